The van der Waals surface area contributed by atoms with Crippen LogP contribution in [0.3, 0.4) is 0 Å². The fourth-order valence-electron chi connectivity index (χ4n) is 2.73. The highest BCUT2D eigenvalue weighted by atomic mass is 16.5. The van der Waals surface area contributed by atoms with E-state index in [4.69, 9.17) is 18.6 Å². The Morgan fingerprint density at radius 1 is 0.793 bits per heavy atom. The summed E-state index contributed by atoms with van der Waals surface area (Å²) < 4.78 is 20.9. The smallest absolute Gasteiger partial charge is 0.291 e. The molecule has 0 saturated carbocycles. The molecule has 0 aliphatic heterocycles. The Balaban J connectivity index is 1.82. The molecular weight excluding hydrogens is 376 g/mol. The molecule has 0 saturated heterocycles. The lowest BCUT2D eigenvalue weighted by Gasteiger charge is -2.14. The molecule has 3 aromatic rings. The summed E-state index contributed by atoms with van der Waals surface area (Å²) >= 11 is 0. The Bertz CT molecular complexity index is 992. The quantitative estimate of drug-likeness (QED) is 0.630. The van der Waals surface area contributed by atoms with Crippen molar-refractivity contribution in [3.8, 4) is 17.2 Å². The van der Waals surface area contributed by atoms with Gasteiger partial charge >= 0.3 is 0 Å². The number of benzene rings is 2. The molecule has 29 heavy (non-hydrogen) atoms. The van der Waals surface area contributed by atoms with Crippen LogP contribution in [0.5, 0.6) is 17.2 Å². The minimum absolute atomic E-state index is 0.174. The molecule has 0 aliphatic rings. The Morgan fingerprint density at radius 2 is 1.48 bits per heavy atom. The SMILES string of the molecule is COc1cc(NC(=O)c2c(OC)cccc2OC)ccc1NC(=O)c1ccco1. The van der Waals surface area contributed by atoms with Gasteiger partial charge in [0.2, 0.25) is 0 Å². The van der Waals surface area contributed by atoms with E-state index in [9.17, 15) is 9.59 Å². The predicted octanol–water partition coefficient (Wildman–Crippen LogP) is 3.81. The van der Waals surface area contributed by atoms with Crippen molar-refractivity contribution in [2.24, 2.45) is 0 Å². The lowest BCUT2D eigenvalue weighted by atomic mass is 10.1. The van der Waals surface area contributed by atoms with Crippen molar-refractivity contribution >= 4 is 23.2 Å². The molecule has 2 N–H and O–H groups in total. The van der Waals surface area contributed by atoms with Crippen molar-refractivity contribution in [2.45, 2.75) is 0 Å². The number of anilines is 2. The summed E-state index contributed by atoms with van der Waals surface area (Å²) in [6.07, 6.45) is 1.41. The van der Waals surface area contributed by atoms with Crippen molar-refractivity contribution in [3.05, 3.63) is 66.1 Å². The molecule has 8 heteroatoms. The zero-order valence-corrected chi connectivity index (χ0v) is 16.1. The van der Waals surface area contributed by atoms with Gasteiger partial charge in [0.15, 0.2) is 5.76 Å². The molecule has 0 spiro atoms. The van der Waals surface area contributed by atoms with Crippen LogP contribution in [0.4, 0.5) is 11.4 Å². The van der Waals surface area contributed by atoms with Crippen LogP contribution in [-0.4, -0.2) is 33.1 Å². The number of rotatable bonds is 7. The largest absolute Gasteiger partial charge is 0.496 e. The van der Waals surface area contributed by atoms with Crippen molar-refractivity contribution in [3.63, 3.8) is 0 Å². The Labute approximate surface area is 167 Å². The Kier molecular flexibility index (Phi) is 6.03. The summed E-state index contributed by atoms with van der Waals surface area (Å²) in [6.45, 7) is 0. The highest BCUT2D eigenvalue weighted by Crippen LogP contribution is 2.31. The molecule has 0 bridgehead atoms. The summed E-state index contributed by atoms with van der Waals surface area (Å²) in [4.78, 5) is 25.0. The Hall–Kier alpha value is -3.94. The number of ether oxygens (including phenoxy) is 3. The van der Waals surface area contributed by atoms with Gasteiger partial charge in [-0.2, -0.15) is 0 Å². The second kappa shape index (κ2) is 8.83. The summed E-state index contributed by atoms with van der Waals surface area (Å²) in [6, 6.07) is 13.1. The van der Waals surface area contributed by atoms with E-state index in [1.807, 2.05) is 0 Å². The third-order valence-electron chi connectivity index (χ3n) is 4.11. The van der Waals surface area contributed by atoms with E-state index in [1.165, 1.54) is 27.6 Å². The van der Waals surface area contributed by atoms with Crippen LogP contribution >= 0.6 is 0 Å². The molecule has 0 atom stereocenters. The standard InChI is InChI=1S/C21H20N2O6/c1-26-15-6-4-7-16(27-2)19(15)21(25)22-13-9-10-14(18(12-13)28-3)23-20(24)17-8-5-11-29-17/h4-12H,1-3H3,(H,22,25)(H,23,24). The predicted molar refractivity (Wildman–Crippen MR) is 107 cm³/mol. The number of furan rings is 1. The molecule has 0 unspecified atom stereocenters. The zero-order chi connectivity index (χ0) is 20.8. The van der Waals surface area contributed by atoms with Gasteiger partial charge in [0.1, 0.15) is 22.8 Å². The van der Waals surface area contributed by atoms with Crippen molar-refractivity contribution < 1.29 is 28.2 Å². The van der Waals surface area contributed by atoms with Gasteiger partial charge < -0.3 is 29.3 Å². The fourth-order valence-corrected chi connectivity index (χ4v) is 2.73. The maximum atomic E-state index is 12.8. The van der Waals surface area contributed by atoms with Crippen LogP contribution in [0.25, 0.3) is 0 Å². The highest BCUT2D eigenvalue weighted by Gasteiger charge is 2.19. The topological polar surface area (TPSA) is 99.0 Å². The van der Waals surface area contributed by atoms with Crippen LogP contribution in [-0.2, 0) is 0 Å². The first-order chi connectivity index (χ1) is 14.1. The van der Waals surface area contributed by atoms with E-state index in [-0.39, 0.29) is 11.3 Å². The van der Waals surface area contributed by atoms with Gasteiger partial charge in [-0.1, -0.05) is 6.07 Å². The summed E-state index contributed by atoms with van der Waals surface area (Å²) in [5.41, 5.74) is 1.17. The third kappa shape index (κ3) is 4.32. The first-order valence-corrected chi connectivity index (χ1v) is 8.62. The molecule has 0 fully saturated rings. The number of carbonyl (C=O) groups excluding carboxylic acids is 2. The van der Waals surface area contributed by atoms with Crippen LogP contribution in [0.15, 0.2) is 59.2 Å². The number of hydrogen-bond donors (Lipinski definition) is 2. The summed E-state index contributed by atoms with van der Waals surface area (Å²) in [5.74, 6) is 0.493. The molecule has 0 aliphatic carbocycles. The van der Waals surface area contributed by atoms with Gasteiger partial charge in [0, 0.05) is 11.8 Å². The zero-order valence-electron chi connectivity index (χ0n) is 16.1. The second-order valence-corrected chi connectivity index (χ2v) is 5.84. The van der Waals surface area contributed by atoms with E-state index < -0.39 is 11.8 Å². The number of amides is 2. The third-order valence-corrected chi connectivity index (χ3v) is 4.11. The maximum absolute atomic E-state index is 12.8. The first kappa shape index (κ1) is 19.8. The minimum atomic E-state index is -0.413. The van der Waals surface area contributed by atoms with Crippen molar-refractivity contribution in [1.29, 1.82) is 0 Å². The van der Waals surface area contributed by atoms with Crippen molar-refractivity contribution in [2.75, 3.05) is 32.0 Å². The number of hydrogen-bond acceptors (Lipinski definition) is 6. The van der Waals surface area contributed by atoms with Gasteiger partial charge in [0.05, 0.1) is 33.3 Å². The van der Waals surface area contributed by atoms with Crippen molar-refractivity contribution in [1.82, 2.24) is 0 Å². The van der Waals surface area contributed by atoms with E-state index in [2.05, 4.69) is 10.6 Å². The normalized spacial score (nSPS) is 10.2. The Morgan fingerprint density at radius 3 is 2.07 bits per heavy atom. The average molecular weight is 396 g/mol. The second-order valence-electron chi connectivity index (χ2n) is 5.84. The number of carbonyl (C=O) groups is 2. The van der Waals surface area contributed by atoms with Gasteiger partial charge in [-0.25, -0.2) is 0 Å². The molecule has 2 amide bonds. The first-order valence-electron chi connectivity index (χ1n) is 8.62. The fraction of sp³-hybridized carbons (Fsp3) is 0.143. The molecule has 150 valence electrons. The molecule has 1 aromatic heterocycles. The van der Waals surface area contributed by atoms with Gasteiger partial charge in [-0.05, 0) is 36.4 Å². The monoisotopic (exact) mass is 396 g/mol. The van der Waals surface area contributed by atoms with E-state index >= 15 is 0 Å². The van der Waals surface area contributed by atoms with Crippen LogP contribution in [0, 0.1) is 0 Å². The van der Waals surface area contributed by atoms with Gasteiger partial charge in [-0.3, -0.25) is 9.59 Å². The van der Waals surface area contributed by atoms with Gasteiger partial charge in [-0.15, -0.1) is 0 Å². The lowest BCUT2D eigenvalue weighted by molar-refractivity contribution is 0.0993. The van der Waals surface area contributed by atoms with Gasteiger partial charge in [0.25, 0.3) is 11.8 Å². The number of methoxy groups -OCH3 is 3. The van der Waals surface area contributed by atoms with Crippen LogP contribution in [0.2, 0.25) is 0 Å². The molecule has 2 aromatic carbocycles. The molecule has 3 rings (SSSR count). The molecular formula is C21H20N2O6. The molecule has 0 radical (unpaired) electrons. The average Bonchev–Trinajstić information content (AvgIpc) is 3.29. The lowest BCUT2D eigenvalue weighted by Crippen LogP contribution is -2.15. The van der Waals surface area contributed by atoms with Crippen LogP contribution < -0.4 is 24.8 Å². The van der Waals surface area contributed by atoms with E-state index in [0.717, 1.165) is 0 Å². The summed E-state index contributed by atoms with van der Waals surface area (Å²) in [5, 5.41) is 5.48. The van der Waals surface area contributed by atoms with E-state index in [1.54, 1.807) is 48.5 Å². The highest BCUT2D eigenvalue weighted by molar-refractivity contribution is 6.08. The van der Waals surface area contributed by atoms with Crippen LogP contribution in [0.1, 0.15) is 20.9 Å². The number of nitrogens with one attached hydrogen (secondary N) is 2. The molecule has 8 nitrogen and oxygen atoms in total. The molecule has 1 heterocycles. The summed E-state index contributed by atoms with van der Waals surface area (Å²) in [7, 11) is 4.42. The van der Waals surface area contributed by atoms with E-state index in [0.29, 0.717) is 28.6 Å². The minimum Gasteiger partial charge on any atom is -0.496 e. The maximum Gasteiger partial charge on any atom is 0.291 e.